The van der Waals surface area contributed by atoms with Crippen LogP contribution in [0.2, 0.25) is 0 Å². The molecule has 1 heteroatoms. The van der Waals surface area contributed by atoms with E-state index in [1.165, 1.54) is 39.0 Å². The first kappa shape index (κ1) is 13.8. The maximum atomic E-state index is 2.37. The zero-order valence-electron chi connectivity index (χ0n) is 13.5. The van der Waals surface area contributed by atoms with E-state index in [9.17, 15) is 0 Å². The number of fused-ring (bicyclic) bond motifs is 1. The molecular formula is C22H19N. The molecule has 0 unspecified atom stereocenters. The van der Waals surface area contributed by atoms with Gasteiger partial charge in [-0.25, -0.2) is 0 Å². The second-order valence-electron chi connectivity index (χ2n) is 6.03. The Morgan fingerprint density at radius 2 is 1.30 bits per heavy atom. The van der Waals surface area contributed by atoms with Crippen molar-refractivity contribution in [2.24, 2.45) is 0 Å². The van der Waals surface area contributed by atoms with E-state index >= 15 is 0 Å². The number of benzene rings is 3. The third-order valence-electron chi connectivity index (χ3n) is 4.47. The topological polar surface area (TPSA) is 4.93 Å². The van der Waals surface area contributed by atoms with Crippen LogP contribution in [0.5, 0.6) is 0 Å². The SMILES string of the molecule is Cc1ccc(-c2c(C)c3ccccc3n2-c2ccccc2)cc1. The maximum Gasteiger partial charge on any atom is 0.0570 e. The maximum absolute atomic E-state index is 2.37. The molecule has 23 heavy (non-hydrogen) atoms. The van der Waals surface area contributed by atoms with E-state index in [0.717, 1.165) is 0 Å². The van der Waals surface area contributed by atoms with Crippen LogP contribution in [0.3, 0.4) is 0 Å². The van der Waals surface area contributed by atoms with Gasteiger partial charge in [-0.05, 0) is 43.2 Å². The number of nitrogens with zero attached hydrogens (tertiary/aromatic N) is 1. The molecule has 0 aliphatic rings. The molecule has 1 heterocycles. The molecule has 0 aliphatic carbocycles. The highest BCUT2D eigenvalue weighted by atomic mass is 15.0. The summed E-state index contributed by atoms with van der Waals surface area (Å²) in [6.07, 6.45) is 0. The van der Waals surface area contributed by atoms with E-state index in [1.807, 2.05) is 0 Å². The number of para-hydroxylation sites is 2. The Morgan fingerprint density at radius 3 is 2.04 bits per heavy atom. The van der Waals surface area contributed by atoms with Crippen molar-refractivity contribution in [3.8, 4) is 16.9 Å². The molecule has 112 valence electrons. The van der Waals surface area contributed by atoms with Crippen molar-refractivity contribution < 1.29 is 0 Å². The highest BCUT2D eigenvalue weighted by Crippen LogP contribution is 2.35. The average Bonchev–Trinajstić information content (AvgIpc) is 2.90. The van der Waals surface area contributed by atoms with E-state index in [0.29, 0.717) is 0 Å². The van der Waals surface area contributed by atoms with Gasteiger partial charge >= 0.3 is 0 Å². The summed E-state index contributed by atoms with van der Waals surface area (Å²) in [6.45, 7) is 4.35. The second-order valence-corrected chi connectivity index (χ2v) is 6.03. The number of hydrogen-bond donors (Lipinski definition) is 0. The van der Waals surface area contributed by atoms with Gasteiger partial charge in [0.15, 0.2) is 0 Å². The van der Waals surface area contributed by atoms with Gasteiger partial charge in [-0.15, -0.1) is 0 Å². The second kappa shape index (κ2) is 5.44. The van der Waals surface area contributed by atoms with Crippen molar-refractivity contribution in [1.82, 2.24) is 4.57 Å². The third kappa shape index (κ3) is 2.25. The minimum Gasteiger partial charge on any atom is -0.309 e. The molecule has 4 aromatic rings. The Kier molecular flexibility index (Phi) is 3.27. The van der Waals surface area contributed by atoms with Gasteiger partial charge in [0.1, 0.15) is 0 Å². The van der Waals surface area contributed by atoms with E-state index < -0.39 is 0 Å². The van der Waals surface area contributed by atoms with Crippen molar-refractivity contribution in [2.45, 2.75) is 13.8 Å². The minimum atomic E-state index is 1.20. The molecule has 1 nitrogen and oxygen atoms in total. The van der Waals surface area contributed by atoms with Crippen LogP contribution < -0.4 is 0 Å². The Balaban J connectivity index is 2.10. The van der Waals surface area contributed by atoms with Gasteiger partial charge in [-0.2, -0.15) is 0 Å². The first-order valence-electron chi connectivity index (χ1n) is 7.98. The summed E-state index contributed by atoms with van der Waals surface area (Å²) in [7, 11) is 0. The number of aromatic nitrogens is 1. The van der Waals surface area contributed by atoms with Crippen molar-refractivity contribution in [3.05, 3.63) is 90.0 Å². The lowest BCUT2D eigenvalue weighted by molar-refractivity contribution is 1.12. The molecule has 3 aromatic carbocycles. The quantitative estimate of drug-likeness (QED) is 0.433. The molecule has 0 amide bonds. The normalized spacial score (nSPS) is 11.0. The predicted molar refractivity (Wildman–Crippen MR) is 98.2 cm³/mol. The number of aryl methyl sites for hydroxylation is 2. The molecular weight excluding hydrogens is 278 g/mol. The van der Waals surface area contributed by atoms with Gasteiger partial charge in [0.2, 0.25) is 0 Å². The number of rotatable bonds is 2. The minimum absolute atomic E-state index is 1.20. The van der Waals surface area contributed by atoms with E-state index in [4.69, 9.17) is 0 Å². The smallest absolute Gasteiger partial charge is 0.0570 e. The lowest BCUT2D eigenvalue weighted by Crippen LogP contribution is -1.97. The van der Waals surface area contributed by atoms with Gasteiger partial charge in [-0.1, -0.05) is 66.2 Å². The molecule has 4 rings (SSSR count). The van der Waals surface area contributed by atoms with Crippen LogP contribution >= 0.6 is 0 Å². The number of hydrogen-bond acceptors (Lipinski definition) is 0. The molecule has 0 aliphatic heterocycles. The van der Waals surface area contributed by atoms with Crippen LogP contribution in [0.1, 0.15) is 11.1 Å². The molecule has 0 radical (unpaired) electrons. The van der Waals surface area contributed by atoms with E-state index in [-0.39, 0.29) is 0 Å². The predicted octanol–water partition coefficient (Wildman–Crippen LogP) is 5.91. The fraction of sp³-hybridized carbons (Fsp3) is 0.0909. The fourth-order valence-electron chi connectivity index (χ4n) is 3.30. The highest BCUT2D eigenvalue weighted by Gasteiger charge is 2.16. The fourth-order valence-corrected chi connectivity index (χ4v) is 3.30. The van der Waals surface area contributed by atoms with Gasteiger partial charge in [0.25, 0.3) is 0 Å². The van der Waals surface area contributed by atoms with Crippen LogP contribution in [0.25, 0.3) is 27.8 Å². The summed E-state index contributed by atoms with van der Waals surface area (Å²) in [5.41, 5.74) is 7.60. The Bertz CT molecular complexity index is 960. The van der Waals surface area contributed by atoms with Crippen molar-refractivity contribution >= 4 is 10.9 Å². The summed E-state index contributed by atoms with van der Waals surface area (Å²) >= 11 is 0. The molecule has 0 spiro atoms. The van der Waals surface area contributed by atoms with Crippen LogP contribution in [0.15, 0.2) is 78.9 Å². The largest absolute Gasteiger partial charge is 0.309 e. The van der Waals surface area contributed by atoms with Crippen LogP contribution in [-0.4, -0.2) is 4.57 Å². The van der Waals surface area contributed by atoms with Crippen molar-refractivity contribution in [2.75, 3.05) is 0 Å². The van der Waals surface area contributed by atoms with Crippen molar-refractivity contribution in [3.63, 3.8) is 0 Å². The zero-order chi connectivity index (χ0) is 15.8. The highest BCUT2D eigenvalue weighted by molar-refractivity contribution is 5.93. The van der Waals surface area contributed by atoms with Gasteiger partial charge in [-0.3, -0.25) is 0 Å². The summed E-state index contributed by atoms with van der Waals surface area (Å²) in [6, 6.07) is 28.0. The first-order chi connectivity index (χ1) is 11.3. The van der Waals surface area contributed by atoms with Crippen LogP contribution in [0, 0.1) is 13.8 Å². The summed E-state index contributed by atoms with van der Waals surface area (Å²) < 4.78 is 2.37. The monoisotopic (exact) mass is 297 g/mol. The molecule has 0 saturated heterocycles. The van der Waals surface area contributed by atoms with Gasteiger partial charge < -0.3 is 4.57 Å². The van der Waals surface area contributed by atoms with Crippen LogP contribution in [-0.2, 0) is 0 Å². The van der Waals surface area contributed by atoms with Gasteiger partial charge in [0.05, 0.1) is 11.2 Å². The molecule has 1 aromatic heterocycles. The Hall–Kier alpha value is -2.80. The van der Waals surface area contributed by atoms with Gasteiger partial charge in [0, 0.05) is 11.1 Å². The average molecular weight is 297 g/mol. The molecule has 0 fully saturated rings. The van der Waals surface area contributed by atoms with E-state index in [1.54, 1.807) is 0 Å². The molecule has 0 saturated carbocycles. The Morgan fingerprint density at radius 1 is 0.652 bits per heavy atom. The van der Waals surface area contributed by atoms with E-state index in [2.05, 4.69) is 97.3 Å². The standard InChI is InChI=1S/C22H19N/c1-16-12-14-18(15-13-16)22-17(2)20-10-6-7-11-21(20)23(22)19-8-4-3-5-9-19/h3-15H,1-2H3. The molecule has 0 N–H and O–H groups in total. The first-order valence-corrected chi connectivity index (χ1v) is 7.98. The molecule has 0 atom stereocenters. The van der Waals surface area contributed by atoms with Crippen molar-refractivity contribution in [1.29, 1.82) is 0 Å². The summed E-state index contributed by atoms with van der Waals surface area (Å²) in [5, 5.41) is 1.31. The third-order valence-corrected chi connectivity index (χ3v) is 4.47. The summed E-state index contributed by atoms with van der Waals surface area (Å²) in [5.74, 6) is 0. The zero-order valence-corrected chi connectivity index (χ0v) is 13.5. The lowest BCUT2D eigenvalue weighted by Gasteiger charge is -2.12. The van der Waals surface area contributed by atoms with Crippen LogP contribution in [0.4, 0.5) is 0 Å². The summed E-state index contributed by atoms with van der Waals surface area (Å²) in [4.78, 5) is 0. The Labute approximate surface area is 136 Å². The molecule has 0 bridgehead atoms. The lowest BCUT2D eigenvalue weighted by atomic mass is 10.1.